The first kappa shape index (κ1) is 24.9. The Morgan fingerprint density at radius 2 is 1.72 bits per heavy atom. The van der Waals surface area contributed by atoms with Crippen molar-refractivity contribution in [3.8, 4) is 0 Å². The van der Waals surface area contributed by atoms with Gasteiger partial charge >= 0.3 is 0 Å². The van der Waals surface area contributed by atoms with Gasteiger partial charge in [-0.25, -0.2) is 0 Å². The number of hydrogen-bond donors (Lipinski definition) is 2. The summed E-state index contributed by atoms with van der Waals surface area (Å²) < 4.78 is 0. The van der Waals surface area contributed by atoms with Crippen molar-refractivity contribution in [1.82, 2.24) is 20.4 Å². The van der Waals surface area contributed by atoms with E-state index in [9.17, 15) is 0 Å². The molecule has 5 nitrogen and oxygen atoms in total. The maximum absolute atomic E-state index is 4.41. The van der Waals surface area contributed by atoms with Gasteiger partial charge in [-0.3, -0.25) is 14.8 Å². The number of likely N-dealkylation sites (tertiary alicyclic amines) is 1. The summed E-state index contributed by atoms with van der Waals surface area (Å²) in [6.07, 6.45) is 1.13. The van der Waals surface area contributed by atoms with Crippen LogP contribution in [0.4, 0.5) is 0 Å². The summed E-state index contributed by atoms with van der Waals surface area (Å²) in [4.78, 5) is 9.48. The van der Waals surface area contributed by atoms with E-state index in [0.717, 1.165) is 32.0 Å². The van der Waals surface area contributed by atoms with Crippen LogP contribution in [0.3, 0.4) is 0 Å². The predicted molar refractivity (Wildman–Crippen MR) is 121 cm³/mol. The molecule has 0 radical (unpaired) electrons. The Labute approximate surface area is 173 Å². The molecule has 1 aliphatic rings. The minimum atomic E-state index is 0. The fourth-order valence-corrected chi connectivity index (χ4v) is 3.57. The summed E-state index contributed by atoms with van der Waals surface area (Å²) in [5.41, 5.74) is 0. The van der Waals surface area contributed by atoms with E-state index < -0.39 is 0 Å². The highest BCUT2D eigenvalue weighted by molar-refractivity contribution is 14.0. The molecule has 1 saturated heterocycles. The second-order valence-electron chi connectivity index (χ2n) is 8.05. The van der Waals surface area contributed by atoms with Crippen molar-refractivity contribution in [1.29, 1.82) is 0 Å². The van der Waals surface area contributed by atoms with Crippen LogP contribution in [-0.2, 0) is 0 Å². The standard InChI is InChI=1S/C19H41N5.HI/c1-14(2)23-12-17(7)18(13-23)22-19(20-8)21-10-9-11-24(15(3)4)16(5)6;/h14-18H,9-13H2,1-8H3,(H2,20,21,22);1H. The van der Waals surface area contributed by atoms with Crippen LogP contribution < -0.4 is 10.6 Å². The lowest BCUT2D eigenvalue weighted by Gasteiger charge is -2.30. The third-order valence-electron chi connectivity index (χ3n) is 5.13. The maximum Gasteiger partial charge on any atom is 0.191 e. The van der Waals surface area contributed by atoms with E-state index >= 15 is 0 Å². The predicted octanol–water partition coefficient (Wildman–Crippen LogP) is 3.01. The number of nitrogens with one attached hydrogen (secondary N) is 2. The Kier molecular flexibility index (Phi) is 12.3. The molecule has 0 aromatic heterocycles. The molecule has 2 unspecified atom stereocenters. The highest BCUT2D eigenvalue weighted by atomic mass is 127. The average molecular weight is 467 g/mol. The molecule has 25 heavy (non-hydrogen) atoms. The third-order valence-corrected chi connectivity index (χ3v) is 5.13. The molecule has 1 aliphatic heterocycles. The van der Waals surface area contributed by atoms with Gasteiger partial charge in [-0.15, -0.1) is 24.0 Å². The van der Waals surface area contributed by atoms with E-state index in [1.54, 1.807) is 0 Å². The van der Waals surface area contributed by atoms with Crippen LogP contribution in [0.15, 0.2) is 4.99 Å². The van der Waals surface area contributed by atoms with Crippen LogP contribution in [0.2, 0.25) is 0 Å². The van der Waals surface area contributed by atoms with E-state index in [1.165, 1.54) is 6.54 Å². The van der Waals surface area contributed by atoms with Crippen LogP contribution >= 0.6 is 24.0 Å². The first-order valence-corrected chi connectivity index (χ1v) is 9.73. The second kappa shape index (κ2) is 12.3. The number of nitrogens with zero attached hydrogens (tertiary/aromatic N) is 3. The minimum absolute atomic E-state index is 0. The Morgan fingerprint density at radius 3 is 2.16 bits per heavy atom. The Bertz CT molecular complexity index is 376. The highest BCUT2D eigenvalue weighted by Gasteiger charge is 2.31. The molecular weight excluding hydrogens is 425 g/mol. The second-order valence-corrected chi connectivity index (χ2v) is 8.05. The van der Waals surface area contributed by atoms with E-state index in [1.807, 2.05) is 7.05 Å². The lowest BCUT2D eigenvalue weighted by atomic mass is 10.1. The van der Waals surface area contributed by atoms with Gasteiger partial charge in [0.1, 0.15) is 0 Å². The molecule has 0 aliphatic carbocycles. The average Bonchev–Trinajstić information content (AvgIpc) is 2.86. The Morgan fingerprint density at radius 1 is 1.12 bits per heavy atom. The summed E-state index contributed by atoms with van der Waals surface area (Å²) in [7, 11) is 1.86. The van der Waals surface area contributed by atoms with E-state index in [2.05, 4.69) is 73.9 Å². The molecule has 1 rings (SSSR count). The number of hydrogen-bond acceptors (Lipinski definition) is 3. The van der Waals surface area contributed by atoms with Crippen molar-refractivity contribution < 1.29 is 0 Å². The van der Waals surface area contributed by atoms with Crippen molar-refractivity contribution in [2.24, 2.45) is 10.9 Å². The third kappa shape index (κ3) is 8.43. The molecule has 0 saturated carbocycles. The van der Waals surface area contributed by atoms with Gasteiger partial charge < -0.3 is 10.6 Å². The molecule has 6 heteroatoms. The number of guanidine groups is 1. The highest BCUT2D eigenvalue weighted by Crippen LogP contribution is 2.18. The number of halogens is 1. The van der Waals surface area contributed by atoms with Gasteiger partial charge in [0, 0.05) is 57.4 Å². The topological polar surface area (TPSA) is 42.9 Å². The molecule has 0 bridgehead atoms. The van der Waals surface area contributed by atoms with Crippen LogP contribution in [0.5, 0.6) is 0 Å². The quantitative estimate of drug-likeness (QED) is 0.249. The van der Waals surface area contributed by atoms with Gasteiger partial charge in [0.2, 0.25) is 0 Å². The minimum Gasteiger partial charge on any atom is -0.356 e. The fourth-order valence-electron chi connectivity index (χ4n) is 3.57. The van der Waals surface area contributed by atoms with Crippen LogP contribution in [-0.4, -0.2) is 73.2 Å². The summed E-state index contributed by atoms with van der Waals surface area (Å²) in [6.45, 7) is 20.3. The smallest absolute Gasteiger partial charge is 0.191 e. The molecule has 2 N–H and O–H groups in total. The molecule has 0 amide bonds. The zero-order valence-electron chi connectivity index (χ0n) is 17.7. The van der Waals surface area contributed by atoms with Gasteiger partial charge in [-0.2, -0.15) is 0 Å². The Balaban J connectivity index is 0.00000576. The van der Waals surface area contributed by atoms with Crippen LogP contribution in [0.25, 0.3) is 0 Å². The lowest BCUT2D eigenvalue weighted by Crippen LogP contribution is -2.47. The van der Waals surface area contributed by atoms with Crippen molar-refractivity contribution in [3.63, 3.8) is 0 Å². The van der Waals surface area contributed by atoms with Crippen LogP contribution in [0.1, 0.15) is 54.9 Å². The Hall–Kier alpha value is -0.0800. The maximum atomic E-state index is 4.41. The summed E-state index contributed by atoms with van der Waals surface area (Å²) in [6, 6.07) is 2.31. The summed E-state index contributed by atoms with van der Waals surface area (Å²) in [5, 5.41) is 7.11. The van der Waals surface area contributed by atoms with Crippen molar-refractivity contribution in [3.05, 3.63) is 0 Å². The van der Waals surface area contributed by atoms with Crippen LogP contribution in [0, 0.1) is 5.92 Å². The first-order valence-electron chi connectivity index (χ1n) is 9.73. The largest absolute Gasteiger partial charge is 0.356 e. The summed E-state index contributed by atoms with van der Waals surface area (Å²) in [5.74, 6) is 1.60. The molecule has 1 heterocycles. The van der Waals surface area contributed by atoms with Gasteiger partial charge in [0.25, 0.3) is 0 Å². The summed E-state index contributed by atoms with van der Waals surface area (Å²) >= 11 is 0. The van der Waals surface area contributed by atoms with Crippen molar-refractivity contribution >= 4 is 29.9 Å². The molecule has 2 atom stereocenters. The van der Waals surface area contributed by atoms with Gasteiger partial charge in [-0.05, 0) is 53.9 Å². The van der Waals surface area contributed by atoms with Crippen molar-refractivity contribution in [2.45, 2.75) is 79.1 Å². The molecule has 1 fully saturated rings. The normalized spacial score (nSPS) is 22.2. The van der Waals surface area contributed by atoms with E-state index in [-0.39, 0.29) is 24.0 Å². The van der Waals surface area contributed by atoms with E-state index in [4.69, 9.17) is 0 Å². The monoisotopic (exact) mass is 467 g/mol. The number of aliphatic imine (C=N–C) groups is 1. The zero-order valence-corrected chi connectivity index (χ0v) is 20.0. The first-order chi connectivity index (χ1) is 11.3. The van der Waals surface area contributed by atoms with Crippen molar-refractivity contribution in [2.75, 3.05) is 33.2 Å². The number of rotatable bonds is 8. The lowest BCUT2D eigenvalue weighted by molar-refractivity contribution is 0.173. The van der Waals surface area contributed by atoms with Gasteiger partial charge in [-0.1, -0.05) is 6.92 Å². The SMILES string of the molecule is CN=C(NCCCN(C(C)C)C(C)C)NC1CN(C(C)C)CC1C.I. The van der Waals surface area contributed by atoms with Gasteiger partial charge in [0.05, 0.1) is 0 Å². The zero-order chi connectivity index (χ0) is 18.3. The molecule has 0 aromatic carbocycles. The molecule has 0 aromatic rings. The molecule has 0 spiro atoms. The molecular formula is C19H42IN5. The van der Waals surface area contributed by atoms with Gasteiger partial charge in [0.15, 0.2) is 5.96 Å². The fraction of sp³-hybridized carbons (Fsp3) is 0.947. The van der Waals surface area contributed by atoms with E-state index in [0.29, 0.717) is 30.1 Å². The molecule has 150 valence electrons.